The summed E-state index contributed by atoms with van der Waals surface area (Å²) < 4.78 is 5.27. The molecule has 0 aromatic heterocycles. The topological polar surface area (TPSA) is 55.5 Å². The Balaban J connectivity index is 3.18. The van der Waals surface area contributed by atoms with Crippen molar-refractivity contribution in [3.05, 3.63) is 0 Å². The zero-order valence-electron chi connectivity index (χ0n) is 8.12. The molecular weight excluding hydrogens is 154 g/mol. The number of hydrogen-bond acceptors (Lipinski definition) is 3. The van der Waals surface area contributed by atoms with Crippen molar-refractivity contribution in [3.8, 4) is 0 Å². The summed E-state index contributed by atoms with van der Waals surface area (Å²) in [5, 5.41) is 9.05. The molecule has 0 bridgehead atoms. The van der Waals surface area contributed by atoms with E-state index in [9.17, 15) is 0 Å². The average molecular weight is 175 g/mol. The number of rotatable bonds is 7. The van der Waals surface area contributed by atoms with Crippen molar-refractivity contribution in [3.63, 3.8) is 0 Å². The van der Waals surface area contributed by atoms with Gasteiger partial charge in [-0.3, -0.25) is 0 Å². The van der Waals surface area contributed by atoms with Crippen LogP contribution >= 0.6 is 0 Å². The minimum absolute atomic E-state index is 0.280. The lowest BCUT2D eigenvalue weighted by atomic mass is 10.1. The summed E-state index contributed by atoms with van der Waals surface area (Å²) in [5.41, 5.74) is 5.22. The smallest absolute Gasteiger partial charge is 0.0895 e. The number of aliphatic hydroxyl groups is 1. The van der Waals surface area contributed by atoms with Crippen LogP contribution < -0.4 is 5.73 Å². The number of hydrogen-bond donors (Lipinski definition) is 2. The van der Waals surface area contributed by atoms with Gasteiger partial charge in [-0.1, -0.05) is 20.3 Å². The predicted octanol–water partition coefficient (Wildman–Crippen LogP) is 0.759. The van der Waals surface area contributed by atoms with Crippen LogP contribution in [-0.2, 0) is 4.74 Å². The molecule has 0 aliphatic carbocycles. The van der Waals surface area contributed by atoms with Crippen LogP contribution in [-0.4, -0.2) is 31.0 Å². The molecule has 0 aromatic rings. The molecule has 3 nitrogen and oxygen atoms in total. The molecule has 2 atom stereocenters. The Morgan fingerprint density at radius 3 is 2.58 bits per heavy atom. The first-order valence-electron chi connectivity index (χ1n) is 4.66. The molecule has 0 rings (SSSR count). The van der Waals surface area contributed by atoms with Gasteiger partial charge >= 0.3 is 0 Å². The van der Waals surface area contributed by atoms with Gasteiger partial charge in [0.15, 0.2) is 0 Å². The van der Waals surface area contributed by atoms with Crippen molar-refractivity contribution in [2.45, 2.75) is 32.8 Å². The Labute approximate surface area is 74.9 Å². The van der Waals surface area contributed by atoms with Crippen molar-refractivity contribution < 1.29 is 9.84 Å². The van der Waals surface area contributed by atoms with Gasteiger partial charge in [0.1, 0.15) is 0 Å². The van der Waals surface area contributed by atoms with Gasteiger partial charge in [-0.15, -0.1) is 0 Å². The Morgan fingerprint density at radius 2 is 2.08 bits per heavy atom. The van der Waals surface area contributed by atoms with Gasteiger partial charge in [-0.2, -0.15) is 0 Å². The van der Waals surface area contributed by atoms with E-state index >= 15 is 0 Å². The second-order valence-corrected chi connectivity index (χ2v) is 3.32. The SMILES string of the molecule is CCCC(C)COCC(O)CN. The zero-order chi connectivity index (χ0) is 9.40. The number of nitrogens with two attached hydrogens (primary N) is 1. The maximum atomic E-state index is 9.05. The summed E-state index contributed by atoms with van der Waals surface area (Å²) in [5.74, 6) is 0.583. The summed E-state index contributed by atoms with van der Waals surface area (Å²) >= 11 is 0. The molecule has 0 fully saturated rings. The fourth-order valence-corrected chi connectivity index (χ4v) is 1.05. The second kappa shape index (κ2) is 7.53. The van der Waals surface area contributed by atoms with Crippen molar-refractivity contribution in [2.24, 2.45) is 11.7 Å². The summed E-state index contributed by atoms with van der Waals surface area (Å²) in [6.07, 6.45) is 1.86. The lowest BCUT2D eigenvalue weighted by Crippen LogP contribution is -2.26. The highest BCUT2D eigenvalue weighted by Crippen LogP contribution is 2.04. The van der Waals surface area contributed by atoms with Crippen LogP contribution in [0.4, 0.5) is 0 Å². The predicted molar refractivity (Wildman–Crippen MR) is 50.0 cm³/mol. The van der Waals surface area contributed by atoms with Crippen molar-refractivity contribution >= 4 is 0 Å². The molecule has 0 heterocycles. The molecule has 0 aliphatic heterocycles. The molecule has 0 saturated heterocycles. The van der Waals surface area contributed by atoms with Crippen LogP contribution in [0, 0.1) is 5.92 Å². The van der Waals surface area contributed by atoms with Crippen LogP contribution in [0.2, 0.25) is 0 Å². The van der Waals surface area contributed by atoms with Gasteiger partial charge in [0.2, 0.25) is 0 Å². The molecule has 2 unspecified atom stereocenters. The van der Waals surface area contributed by atoms with Crippen LogP contribution in [0.3, 0.4) is 0 Å². The van der Waals surface area contributed by atoms with Crippen LogP contribution in [0.15, 0.2) is 0 Å². The van der Waals surface area contributed by atoms with E-state index in [0.717, 1.165) is 6.61 Å². The first-order chi connectivity index (χ1) is 5.70. The standard InChI is InChI=1S/C9H21NO2/c1-3-4-8(2)6-12-7-9(11)5-10/h8-9,11H,3-7,10H2,1-2H3. The summed E-state index contributed by atoms with van der Waals surface area (Å²) in [6.45, 7) is 5.68. The highest BCUT2D eigenvalue weighted by molar-refractivity contribution is 4.54. The van der Waals surface area contributed by atoms with E-state index < -0.39 is 6.10 Å². The van der Waals surface area contributed by atoms with E-state index in [-0.39, 0.29) is 6.54 Å². The Morgan fingerprint density at radius 1 is 1.42 bits per heavy atom. The highest BCUT2D eigenvalue weighted by Gasteiger charge is 2.03. The number of aliphatic hydroxyl groups excluding tert-OH is 1. The fourth-order valence-electron chi connectivity index (χ4n) is 1.05. The molecule has 0 aromatic carbocycles. The Bertz CT molecular complexity index is 98.5. The summed E-state index contributed by atoms with van der Waals surface area (Å²) in [7, 11) is 0. The second-order valence-electron chi connectivity index (χ2n) is 3.32. The molecule has 3 heteroatoms. The van der Waals surface area contributed by atoms with Gasteiger partial charge in [-0.25, -0.2) is 0 Å². The van der Waals surface area contributed by atoms with Crippen LogP contribution in [0.25, 0.3) is 0 Å². The number of ether oxygens (including phenoxy) is 1. The Kier molecular flexibility index (Phi) is 7.45. The largest absolute Gasteiger partial charge is 0.389 e. The molecule has 0 saturated carbocycles. The highest BCUT2D eigenvalue weighted by atomic mass is 16.5. The minimum atomic E-state index is -0.501. The van der Waals surface area contributed by atoms with Crippen molar-refractivity contribution in [1.29, 1.82) is 0 Å². The Hall–Kier alpha value is -0.120. The first-order valence-corrected chi connectivity index (χ1v) is 4.66. The minimum Gasteiger partial charge on any atom is -0.389 e. The van der Waals surface area contributed by atoms with Gasteiger partial charge < -0.3 is 15.6 Å². The molecule has 12 heavy (non-hydrogen) atoms. The van der Waals surface area contributed by atoms with E-state index in [1.165, 1.54) is 12.8 Å². The van der Waals surface area contributed by atoms with E-state index in [2.05, 4.69) is 13.8 Å². The summed E-state index contributed by atoms with van der Waals surface area (Å²) in [6, 6.07) is 0. The van der Waals surface area contributed by atoms with Crippen molar-refractivity contribution in [2.75, 3.05) is 19.8 Å². The molecular formula is C9H21NO2. The van der Waals surface area contributed by atoms with Gasteiger partial charge in [0.05, 0.1) is 12.7 Å². The van der Waals surface area contributed by atoms with E-state index in [4.69, 9.17) is 15.6 Å². The van der Waals surface area contributed by atoms with E-state index in [1.807, 2.05) is 0 Å². The van der Waals surface area contributed by atoms with Gasteiger partial charge in [0, 0.05) is 13.2 Å². The molecule has 3 N–H and O–H groups in total. The molecule has 0 aliphatic rings. The fraction of sp³-hybridized carbons (Fsp3) is 1.00. The van der Waals surface area contributed by atoms with Crippen LogP contribution in [0.5, 0.6) is 0 Å². The molecule has 0 spiro atoms. The molecule has 0 radical (unpaired) electrons. The molecule has 74 valence electrons. The maximum absolute atomic E-state index is 9.05. The molecule has 0 amide bonds. The zero-order valence-corrected chi connectivity index (χ0v) is 8.12. The quantitative estimate of drug-likeness (QED) is 0.600. The van der Waals surface area contributed by atoms with Crippen molar-refractivity contribution in [1.82, 2.24) is 0 Å². The summed E-state index contributed by atoms with van der Waals surface area (Å²) in [4.78, 5) is 0. The normalized spacial score (nSPS) is 16.0. The third kappa shape index (κ3) is 6.58. The van der Waals surface area contributed by atoms with Gasteiger partial charge in [0.25, 0.3) is 0 Å². The lowest BCUT2D eigenvalue weighted by Gasteiger charge is -2.12. The third-order valence-corrected chi connectivity index (χ3v) is 1.77. The van der Waals surface area contributed by atoms with Gasteiger partial charge in [-0.05, 0) is 12.3 Å². The maximum Gasteiger partial charge on any atom is 0.0895 e. The monoisotopic (exact) mass is 175 g/mol. The van der Waals surface area contributed by atoms with E-state index in [1.54, 1.807) is 0 Å². The average Bonchev–Trinajstić information content (AvgIpc) is 2.04. The third-order valence-electron chi connectivity index (χ3n) is 1.77. The first kappa shape index (κ1) is 11.9. The van der Waals surface area contributed by atoms with E-state index in [0.29, 0.717) is 12.5 Å². The van der Waals surface area contributed by atoms with Crippen LogP contribution in [0.1, 0.15) is 26.7 Å². The lowest BCUT2D eigenvalue weighted by molar-refractivity contribution is 0.0264.